The fourth-order valence-electron chi connectivity index (χ4n) is 3.85. The molecule has 8 nitrogen and oxygen atoms in total. The van der Waals surface area contributed by atoms with E-state index in [4.69, 9.17) is 9.84 Å². The van der Waals surface area contributed by atoms with E-state index in [1.165, 1.54) is 82.0 Å². The molecule has 0 aromatic heterocycles. The number of hydrogen-bond acceptors (Lipinski definition) is 7. The summed E-state index contributed by atoms with van der Waals surface area (Å²) in [5.74, 6) is -4.09. The lowest BCUT2D eigenvalue weighted by Crippen LogP contribution is -2.08. The quantitative estimate of drug-likeness (QED) is 0.223. The molecule has 0 unspecified atom stereocenters. The maximum atomic E-state index is 13.9. The lowest BCUT2D eigenvalue weighted by atomic mass is 9.97. The Morgan fingerprint density at radius 3 is 1.32 bits per heavy atom. The zero-order valence-corrected chi connectivity index (χ0v) is 22.1. The van der Waals surface area contributed by atoms with E-state index in [1.807, 2.05) is 0 Å². The Balaban J connectivity index is 0.000000226. The number of hydrogen-bond donors (Lipinski definition) is 1. The van der Waals surface area contributed by atoms with Gasteiger partial charge in [-0.3, -0.25) is 0 Å². The number of aromatic carboxylic acids is 1. The van der Waals surface area contributed by atoms with E-state index in [0.29, 0.717) is 11.1 Å². The summed E-state index contributed by atoms with van der Waals surface area (Å²) < 4.78 is 41.6. The van der Waals surface area contributed by atoms with Gasteiger partial charge in [-0.2, -0.15) is 0 Å². The van der Waals surface area contributed by atoms with Crippen molar-refractivity contribution in [2.45, 2.75) is 0 Å². The van der Waals surface area contributed by atoms with E-state index in [2.05, 4.69) is 9.47 Å². The van der Waals surface area contributed by atoms with Crippen LogP contribution in [-0.2, 0) is 14.2 Å². The second-order valence-electron chi connectivity index (χ2n) is 8.26. The number of methoxy groups -OCH3 is 3. The number of carbonyl (C=O) groups excluding carboxylic acids is 3. The molecule has 0 fully saturated rings. The third-order valence-electron chi connectivity index (χ3n) is 5.85. The van der Waals surface area contributed by atoms with Crippen LogP contribution in [0, 0.1) is 11.6 Å². The van der Waals surface area contributed by atoms with E-state index >= 15 is 0 Å². The zero-order chi connectivity index (χ0) is 30.1. The zero-order valence-electron chi connectivity index (χ0n) is 22.1. The minimum absolute atomic E-state index is 0.0116. The van der Waals surface area contributed by atoms with Gasteiger partial charge in [0.2, 0.25) is 0 Å². The van der Waals surface area contributed by atoms with Crippen LogP contribution >= 0.6 is 0 Å². The van der Waals surface area contributed by atoms with Crippen LogP contribution in [0.3, 0.4) is 0 Å². The Morgan fingerprint density at radius 1 is 0.537 bits per heavy atom. The molecule has 0 aliphatic heterocycles. The number of halogens is 2. The van der Waals surface area contributed by atoms with Crippen molar-refractivity contribution in [3.05, 3.63) is 119 Å². The molecule has 0 radical (unpaired) electrons. The van der Waals surface area contributed by atoms with Gasteiger partial charge in [-0.1, -0.05) is 48.5 Å². The first kappa shape index (κ1) is 30.2. The predicted molar refractivity (Wildman–Crippen MR) is 145 cm³/mol. The van der Waals surface area contributed by atoms with E-state index < -0.39 is 35.5 Å². The fraction of sp³-hybridized carbons (Fsp3) is 0.0968. The van der Waals surface area contributed by atoms with Crippen LogP contribution in [0.15, 0.2) is 84.9 Å². The summed E-state index contributed by atoms with van der Waals surface area (Å²) in [5.41, 5.74) is 1.36. The van der Waals surface area contributed by atoms with Crippen molar-refractivity contribution in [3.8, 4) is 22.3 Å². The lowest BCUT2D eigenvalue weighted by Gasteiger charge is -2.10. The Bertz CT molecular complexity index is 1610. The van der Waals surface area contributed by atoms with Crippen LogP contribution in [0.5, 0.6) is 0 Å². The highest BCUT2D eigenvalue weighted by molar-refractivity contribution is 6.01. The maximum Gasteiger partial charge on any atom is 0.338 e. The van der Waals surface area contributed by atoms with Crippen molar-refractivity contribution < 1.29 is 47.3 Å². The molecule has 0 amide bonds. The molecule has 0 saturated heterocycles. The van der Waals surface area contributed by atoms with E-state index in [0.717, 1.165) is 0 Å². The minimum atomic E-state index is -1.17. The summed E-state index contributed by atoms with van der Waals surface area (Å²) in [5, 5.41) is 8.95. The normalized spacial score (nSPS) is 10.1. The standard InChI is InChI=1S/C16H13FO4.C15H11FO4/c1-20-15(18)10-7-8-11(13(9-10)16(19)21-2)12-5-3-4-6-14(12)17;1-20-15(19)12-8-9(14(17)18)6-7-10(12)11-4-2-3-5-13(11)16/h3-9H,1-2H3;2-8H,1H3,(H,17,18). The molecular formula is C31H24F2O8. The Hall–Kier alpha value is -5.38. The molecule has 210 valence electrons. The van der Waals surface area contributed by atoms with Gasteiger partial charge in [-0.25, -0.2) is 28.0 Å². The van der Waals surface area contributed by atoms with Gasteiger partial charge in [-0.15, -0.1) is 0 Å². The molecule has 4 aromatic rings. The van der Waals surface area contributed by atoms with Crippen LogP contribution in [-0.4, -0.2) is 50.3 Å². The summed E-state index contributed by atoms with van der Waals surface area (Å²) in [6.07, 6.45) is 0. The van der Waals surface area contributed by atoms with E-state index in [9.17, 15) is 28.0 Å². The molecule has 4 aromatic carbocycles. The third-order valence-corrected chi connectivity index (χ3v) is 5.85. The number of benzene rings is 4. The number of carbonyl (C=O) groups is 4. The summed E-state index contributed by atoms with van der Waals surface area (Å²) in [6, 6.07) is 20.2. The average molecular weight is 563 g/mol. The van der Waals surface area contributed by atoms with E-state index in [-0.39, 0.29) is 33.4 Å². The lowest BCUT2D eigenvalue weighted by molar-refractivity contribution is 0.0587. The average Bonchev–Trinajstić information content (AvgIpc) is 3.00. The van der Waals surface area contributed by atoms with Crippen LogP contribution in [0.2, 0.25) is 0 Å². The number of ether oxygens (including phenoxy) is 3. The number of esters is 3. The highest BCUT2D eigenvalue weighted by atomic mass is 19.1. The fourth-order valence-corrected chi connectivity index (χ4v) is 3.85. The van der Waals surface area contributed by atoms with Gasteiger partial charge in [-0.05, 0) is 47.5 Å². The molecule has 0 aliphatic rings. The van der Waals surface area contributed by atoms with Crippen molar-refractivity contribution in [1.29, 1.82) is 0 Å². The van der Waals surface area contributed by atoms with Gasteiger partial charge in [0.15, 0.2) is 0 Å². The molecule has 41 heavy (non-hydrogen) atoms. The number of carboxylic acids is 1. The maximum absolute atomic E-state index is 13.9. The van der Waals surface area contributed by atoms with Crippen molar-refractivity contribution >= 4 is 23.9 Å². The van der Waals surface area contributed by atoms with Gasteiger partial charge in [0.1, 0.15) is 11.6 Å². The van der Waals surface area contributed by atoms with Gasteiger partial charge < -0.3 is 19.3 Å². The van der Waals surface area contributed by atoms with Gasteiger partial charge in [0.05, 0.1) is 43.6 Å². The molecule has 0 heterocycles. The largest absolute Gasteiger partial charge is 0.478 e. The molecule has 1 N–H and O–H groups in total. The molecular weight excluding hydrogens is 538 g/mol. The van der Waals surface area contributed by atoms with Gasteiger partial charge in [0, 0.05) is 11.1 Å². The smallest absolute Gasteiger partial charge is 0.338 e. The molecule has 0 atom stereocenters. The summed E-state index contributed by atoms with van der Waals surface area (Å²) in [7, 11) is 3.64. The summed E-state index contributed by atoms with van der Waals surface area (Å²) in [6.45, 7) is 0. The van der Waals surface area contributed by atoms with Crippen LogP contribution in [0.4, 0.5) is 8.78 Å². The number of carboxylic acid groups (broad SMARTS) is 1. The molecule has 0 aliphatic carbocycles. The summed E-state index contributed by atoms with van der Waals surface area (Å²) >= 11 is 0. The summed E-state index contributed by atoms with van der Waals surface area (Å²) in [4.78, 5) is 46.1. The van der Waals surface area contributed by atoms with Gasteiger partial charge in [0.25, 0.3) is 0 Å². The highest BCUT2D eigenvalue weighted by Crippen LogP contribution is 2.29. The SMILES string of the molecule is COC(=O)c1cc(C(=O)O)ccc1-c1ccccc1F.COC(=O)c1ccc(-c2ccccc2F)c(C(=O)OC)c1. The first-order valence-corrected chi connectivity index (χ1v) is 11.9. The first-order valence-electron chi connectivity index (χ1n) is 11.9. The Labute approximate surface area is 233 Å². The molecule has 4 rings (SSSR count). The predicted octanol–water partition coefficient (Wildman–Crippen LogP) is 6.04. The molecule has 10 heteroatoms. The van der Waals surface area contributed by atoms with E-state index in [1.54, 1.807) is 24.3 Å². The first-order chi connectivity index (χ1) is 19.6. The van der Waals surface area contributed by atoms with Crippen molar-refractivity contribution in [2.24, 2.45) is 0 Å². The van der Waals surface area contributed by atoms with Crippen LogP contribution in [0.1, 0.15) is 41.4 Å². The topological polar surface area (TPSA) is 116 Å². The third kappa shape index (κ3) is 6.99. The highest BCUT2D eigenvalue weighted by Gasteiger charge is 2.20. The van der Waals surface area contributed by atoms with Crippen LogP contribution < -0.4 is 0 Å². The van der Waals surface area contributed by atoms with Crippen molar-refractivity contribution in [3.63, 3.8) is 0 Å². The molecule has 0 saturated carbocycles. The Kier molecular flexibility index (Phi) is 10.0. The second kappa shape index (κ2) is 13.6. The second-order valence-corrected chi connectivity index (χ2v) is 8.26. The van der Waals surface area contributed by atoms with Crippen molar-refractivity contribution in [1.82, 2.24) is 0 Å². The Morgan fingerprint density at radius 2 is 0.927 bits per heavy atom. The number of rotatable bonds is 6. The van der Waals surface area contributed by atoms with Crippen LogP contribution in [0.25, 0.3) is 22.3 Å². The minimum Gasteiger partial charge on any atom is -0.478 e. The molecule has 0 bridgehead atoms. The monoisotopic (exact) mass is 562 g/mol. The van der Waals surface area contributed by atoms with Gasteiger partial charge >= 0.3 is 23.9 Å². The molecule has 0 spiro atoms. The van der Waals surface area contributed by atoms with Crippen molar-refractivity contribution in [2.75, 3.05) is 21.3 Å².